The van der Waals surface area contributed by atoms with E-state index in [0.29, 0.717) is 18.2 Å². The van der Waals surface area contributed by atoms with Crippen molar-refractivity contribution in [2.75, 3.05) is 18.6 Å². The molecule has 0 N–H and O–H groups in total. The van der Waals surface area contributed by atoms with Gasteiger partial charge in [-0.2, -0.15) is 0 Å². The third kappa shape index (κ3) is 3.40. The summed E-state index contributed by atoms with van der Waals surface area (Å²) in [5, 5.41) is 2.94. The molecule has 7 heteroatoms. The molecule has 96 valence electrons. The smallest absolute Gasteiger partial charge is 0.151 e. The Bertz CT molecular complexity index is 486. The van der Waals surface area contributed by atoms with Gasteiger partial charge in [-0.05, 0) is 13.5 Å². The predicted molar refractivity (Wildman–Crippen MR) is 70.2 cm³/mol. The fraction of sp³-hybridized carbons (Fsp3) is 0.700. The number of halogens is 1. The van der Waals surface area contributed by atoms with Gasteiger partial charge < -0.3 is 0 Å². The van der Waals surface area contributed by atoms with Crippen LogP contribution in [0.4, 0.5) is 0 Å². The van der Waals surface area contributed by atoms with Gasteiger partial charge in [-0.1, -0.05) is 0 Å². The van der Waals surface area contributed by atoms with Crippen molar-refractivity contribution in [2.24, 2.45) is 0 Å². The van der Waals surface area contributed by atoms with Crippen LogP contribution in [0.5, 0.6) is 0 Å². The zero-order chi connectivity index (χ0) is 12.5. The van der Waals surface area contributed by atoms with Crippen molar-refractivity contribution in [1.82, 2.24) is 9.88 Å². The molecule has 1 unspecified atom stereocenters. The lowest BCUT2D eigenvalue weighted by atomic mass is 10.2. The molecule has 0 amide bonds. The summed E-state index contributed by atoms with van der Waals surface area (Å²) >= 11 is 7.27. The van der Waals surface area contributed by atoms with E-state index in [1.165, 1.54) is 0 Å². The number of hydrogen-bond acceptors (Lipinski definition) is 5. The average molecular weight is 295 g/mol. The zero-order valence-corrected chi connectivity index (χ0v) is 12.0. The Hall–Kier alpha value is -0.170. The van der Waals surface area contributed by atoms with Crippen molar-refractivity contribution in [1.29, 1.82) is 0 Å². The first kappa shape index (κ1) is 13.3. The summed E-state index contributed by atoms with van der Waals surface area (Å²) in [7, 11) is -0.860. The molecule has 1 aliphatic heterocycles. The SMILES string of the molecule is CN(Cc1nc(CCl)cs1)C1CCS(=O)(=O)C1. The van der Waals surface area contributed by atoms with Gasteiger partial charge in [-0.25, -0.2) is 13.4 Å². The van der Waals surface area contributed by atoms with Crippen LogP contribution >= 0.6 is 22.9 Å². The molecule has 1 aromatic heterocycles. The summed E-state index contributed by atoms with van der Waals surface area (Å²) in [6.07, 6.45) is 0.729. The maximum absolute atomic E-state index is 11.4. The summed E-state index contributed by atoms with van der Waals surface area (Å²) in [6, 6.07) is 0.128. The minimum absolute atomic E-state index is 0.128. The molecular weight excluding hydrogens is 280 g/mol. The normalized spacial score (nSPS) is 23.4. The fourth-order valence-electron chi connectivity index (χ4n) is 1.95. The minimum Gasteiger partial charge on any atom is -0.296 e. The minimum atomic E-state index is -2.81. The van der Waals surface area contributed by atoms with Gasteiger partial charge in [0.25, 0.3) is 0 Å². The van der Waals surface area contributed by atoms with Crippen LogP contribution in [0.1, 0.15) is 17.1 Å². The van der Waals surface area contributed by atoms with E-state index in [1.807, 2.05) is 12.4 Å². The number of thiazole rings is 1. The Kier molecular flexibility index (Phi) is 4.07. The van der Waals surface area contributed by atoms with Gasteiger partial charge in [0.1, 0.15) is 5.01 Å². The number of alkyl halides is 1. The second kappa shape index (κ2) is 5.22. The van der Waals surface area contributed by atoms with E-state index >= 15 is 0 Å². The van der Waals surface area contributed by atoms with Crippen LogP contribution < -0.4 is 0 Å². The number of sulfone groups is 1. The topological polar surface area (TPSA) is 50.3 Å². The maximum atomic E-state index is 11.4. The van der Waals surface area contributed by atoms with Crippen LogP contribution in [0.2, 0.25) is 0 Å². The van der Waals surface area contributed by atoms with Crippen molar-refractivity contribution in [3.8, 4) is 0 Å². The van der Waals surface area contributed by atoms with E-state index in [-0.39, 0.29) is 11.8 Å². The van der Waals surface area contributed by atoms with E-state index in [2.05, 4.69) is 9.88 Å². The van der Waals surface area contributed by atoms with Crippen molar-refractivity contribution >= 4 is 32.8 Å². The molecule has 2 rings (SSSR count). The summed E-state index contributed by atoms with van der Waals surface area (Å²) in [5.74, 6) is 1.02. The maximum Gasteiger partial charge on any atom is 0.151 e. The Morgan fingerprint density at radius 3 is 2.94 bits per heavy atom. The van der Waals surface area contributed by atoms with Gasteiger partial charge in [-0.3, -0.25) is 4.90 Å². The molecule has 1 aromatic rings. The molecule has 0 bridgehead atoms. The summed E-state index contributed by atoms with van der Waals surface area (Å²) in [6.45, 7) is 0.696. The molecule has 2 heterocycles. The fourth-order valence-corrected chi connectivity index (χ4v) is 4.84. The highest BCUT2D eigenvalue weighted by Gasteiger charge is 2.30. The number of hydrogen-bond donors (Lipinski definition) is 0. The molecule has 0 radical (unpaired) electrons. The summed E-state index contributed by atoms with van der Waals surface area (Å²) in [4.78, 5) is 6.44. The van der Waals surface area contributed by atoms with Gasteiger partial charge in [0.05, 0.1) is 29.6 Å². The highest BCUT2D eigenvalue weighted by Crippen LogP contribution is 2.20. The Labute approximate surface area is 111 Å². The van der Waals surface area contributed by atoms with Gasteiger partial charge in [0.2, 0.25) is 0 Å². The summed E-state index contributed by atoms with van der Waals surface area (Å²) < 4.78 is 22.8. The Morgan fingerprint density at radius 1 is 1.65 bits per heavy atom. The second-order valence-corrected chi connectivity index (χ2v) is 7.78. The van der Waals surface area contributed by atoms with E-state index in [9.17, 15) is 8.42 Å². The van der Waals surface area contributed by atoms with Crippen LogP contribution in [0.15, 0.2) is 5.38 Å². The molecule has 1 fully saturated rings. The molecule has 1 aliphatic rings. The van der Waals surface area contributed by atoms with Crippen LogP contribution in [-0.4, -0.2) is 42.9 Å². The van der Waals surface area contributed by atoms with Crippen molar-refractivity contribution < 1.29 is 8.42 Å². The van der Waals surface area contributed by atoms with Gasteiger partial charge in [0, 0.05) is 11.4 Å². The first-order valence-electron chi connectivity index (χ1n) is 5.40. The monoisotopic (exact) mass is 294 g/mol. The summed E-state index contributed by atoms with van der Waals surface area (Å²) in [5.41, 5.74) is 0.888. The van der Waals surface area contributed by atoms with Crippen LogP contribution in [0.25, 0.3) is 0 Å². The molecule has 0 saturated carbocycles. The van der Waals surface area contributed by atoms with Crippen LogP contribution in [0.3, 0.4) is 0 Å². The van der Waals surface area contributed by atoms with Gasteiger partial charge in [0.15, 0.2) is 9.84 Å². The van der Waals surface area contributed by atoms with E-state index in [0.717, 1.165) is 17.1 Å². The molecule has 1 atom stereocenters. The molecule has 0 aromatic carbocycles. The lowest BCUT2D eigenvalue weighted by Crippen LogP contribution is -2.32. The second-order valence-electron chi connectivity index (χ2n) is 4.34. The van der Waals surface area contributed by atoms with Gasteiger partial charge in [-0.15, -0.1) is 22.9 Å². The molecule has 0 aliphatic carbocycles. The quantitative estimate of drug-likeness (QED) is 0.790. The highest BCUT2D eigenvalue weighted by atomic mass is 35.5. The van der Waals surface area contributed by atoms with E-state index in [4.69, 9.17) is 11.6 Å². The third-order valence-corrected chi connectivity index (χ3v) is 5.86. The van der Waals surface area contributed by atoms with Crippen molar-refractivity contribution in [3.63, 3.8) is 0 Å². The largest absolute Gasteiger partial charge is 0.296 e. The Morgan fingerprint density at radius 2 is 2.41 bits per heavy atom. The average Bonchev–Trinajstić information content (AvgIpc) is 2.84. The number of aromatic nitrogens is 1. The lowest BCUT2D eigenvalue weighted by Gasteiger charge is -2.21. The molecule has 1 saturated heterocycles. The van der Waals surface area contributed by atoms with Crippen molar-refractivity contribution in [3.05, 3.63) is 16.1 Å². The number of nitrogens with zero attached hydrogens (tertiary/aromatic N) is 2. The Balaban J connectivity index is 1.95. The molecular formula is C10H15ClN2O2S2. The highest BCUT2D eigenvalue weighted by molar-refractivity contribution is 7.91. The zero-order valence-electron chi connectivity index (χ0n) is 9.60. The van der Waals surface area contributed by atoms with Crippen LogP contribution in [0, 0.1) is 0 Å². The van der Waals surface area contributed by atoms with E-state index in [1.54, 1.807) is 11.3 Å². The first-order valence-corrected chi connectivity index (χ1v) is 8.63. The molecule has 0 spiro atoms. The van der Waals surface area contributed by atoms with Crippen molar-refractivity contribution in [2.45, 2.75) is 24.9 Å². The van der Waals surface area contributed by atoms with Gasteiger partial charge >= 0.3 is 0 Å². The predicted octanol–water partition coefficient (Wildman–Crippen LogP) is 1.50. The lowest BCUT2D eigenvalue weighted by molar-refractivity contribution is 0.253. The third-order valence-electron chi connectivity index (χ3n) is 2.95. The first-order chi connectivity index (χ1) is 8.00. The van der Waals surface area contributed by atoms with Crippen LogP contribution in [-0.2, 0) is 22.3 Å². The standard InChI is InChI=1S/C10H15ClN2O2S2/c1-13(9-2-3-17(14,15)7-9)5-10-12-8(4-11)6-16-10/h6,9H,2-5,7H2,1H3. The van der Waals surface area contributed by atoms with E-state index < -0.39 is 9.84 Å². The molecule has 17 heavy (non-hydrogen) atoms. The number of rotatable bonds is 4. The molecule has 4 nitrogen and oxygen atoms in total.